The summed E-state index contributed by atoms with van der Waals surface area (Å²) in [7, 11) is 0. The summed E-state index contributed by atoms with van der Waals surface area (Å²) in [4.78, 5) is 26.1. The molecular weight excluding hydrogens is 318 g/mol. The van der Waals surface area contributed by atoms with Crippen LogP contribution in [0.15, 0.2) is 0 Å². The van der Waals surface area contributed by atoms with Crippen LogP contribution in [0.3, 0.4) is 0 Å². The molecule has 0 aromatic rings. The number of ether oxygens (including phenoxy) is 1. The highest BCUT2D eigenvalue weighted by atomic mass is 16.6. The Bertz CT molecular complexity index is 442. The van der Waals surface area contributed by atoms with Crippen LogP contribution in [0.4, 0.5) is 9.59 Å². The largest absolute Gasteiger partial charge is 0.444 e. The monoisotopic (exact) mass is 357 g/mol. The molecule has 1 aliphatic carbocycles. The molecule has 148 valence electrons. The van der Waals surface area contributed by atoms with Crippen molar-refractivity contribution in [2.24, 2.45) is 0 Å². The Labute approximate surface area is 155 Å². The standard InChI is InChI=1S/C19H35N3O3.2H2/c1-19(2,3)25-18(24)22-13-11-16(12-14-22)21-17(23)20-15-9-7-5-4-6-8-10-15;;/h15-16H,4-14H2,1-3H3,(H2,20,21,23);2*1H. The lowest BCUT2D eigenvalue weighted by atomic mass is 9.97. The van der Waals surface area contributed by atoms with Crippen molar-refractivity contribution in [2.75, 3.05) is 13.1 Å². The summed E-state index contributed by atoms with van der Waals surface area (Å²) in [6.07, 6.45) is 9.77. The van der Waals surface area contributed by atoms with E-state index in [2.05, 4.69) is 10.6 Å². The molecule has 1 saturated heterocycles. The van der Waals surface area contributed by atoms with Gasteiger partial charge in [0.1, 0.15) is 5.60 Å². The number of nitrogens with one attached hydrogen (secondary N) is 2. The van der Waals surface area contributed by atoms with Crippen LogP contribution >= 0.6 is 0 Å². The van der Waals surface area contributed by atoms with Gasteiger partial charge in [-0.05, 0) is 46.5 Å². The molecule has 1 aliphatic heterocycles. The van der Waals surface area contributed by atoms with Crippen LogP contribution in [0.5, 0.6) is 0 Å². The predicted octanol–water partition coefficient (Wildman–Crippen LogP) is 4.29. The molecule has 0 aromatic heterocycles. The number of hydrogen-bond acceptors (Lipinski definition) is 3. The van der Waals surface area contributed by atoms with Crippen LogP contribution in [0.25, 0.3) is 0 Å². The van der Waals surface area contributed by atoms with E-state index in [4.69, 9.17) is 4.74 Å². The maximum Gasteiger partial charge on any atom is 0.410 e. The quantitative estimate of drug-likeness (QED) is 0.774. The van der Waals surface area contributed by atoms with E-state index in [-0.39, 0.29) is 21.0 Å². The molecule has 25 heavy (non-hydrogen) atoms. The fourth-order valence-corrected chi connectivity index (χ4v) is 3.55. The second-order valence-electron chi connectivity index (χ2n) is 8.40. The third-order valence-electron chi connectivity index (χ3n) is 4.92. The van der Waals surface area contributed by atoms with Gasteiger partial charge in [0, 0.05) is 28.0 Å². The minimum atomic E-state index is -0.469. The molecule has 0 aromatic carbocycles. The minimum absolute atomic E-state index is 0. The molecule has 2 fully saturated rings. The Morgan fingerprint density at radius 1 is 0.880 bits per heavy atom. The number of urea groups is 1. The molecular formula is C19H39N3O3. The van der Waals surface area contributed by atoms with E-state index < -0.39 is 5.60 Å². The topological polar surface area (TPSA) is 70.7 Å². The van der Waals surface area contributed by atoms with E-state index in [1.807, 2.05) is 20.8 Å². The average molecular weight is 358 g/mol. The lowest BCUT2D eigenvalue weighted by Crippen LogP contribution is -2.51. The maximum absolute atomic E-state index is 12.3. The zero-order valence-corrected chi connectivity index (χ0v) is 16.1. The van der Waals surface area contributed by atoms with Crippen molar-refractivity contribution in [2.45, 2.75) is 96.2 Å². The van der Waals surface area contributed by atoms with E-state index in [0.717, 1.165) is 25.7 Å². The summed E-state index contributed by atoms with van der Waals surface area (Å²) in [6, 6.07) is 0.385. The smallest absolute Gasteiger partial charge is 0.410 e. The van der Waals surface area contributed by atoms with Gasteiger partial charge < -0.3 is 20.3 Å². The van der Waals surface area contributed by atoms with Crippen LogP contribution in [-0.2, 0) is 4.74 Å². The number of rotatable bonds is 2. The predicted molar refractivity (Wildman–Crippen MR) is 103 cm³/mol. The van der Waals surface area contributed by atoms with Crippen molar-refractivity contribution in [3.8, 4) is 0 Å². The van der Waals surface area contributed by atoms with E-state index in [1.165, 1.54) is 32.1 Å². The summed E-state index contributed by atoms with van der Waals surface area (Å²) in [5.74, 6) is 0. The number of amides is 3. The Morgan fingerprint density at radius 3 is 1.88 bits per heavy atom. The first kappa shape index (κ1) is 19.9. The lowest BCUT2D eigenvalue weighted by molar-refractivity contribution is 0.0201. The van der Waals surface area contributed by atoms with Gasteiger partial charge in [0.15, 0.2) is 0 Å². The molecule has 0 radical (unpaired) electrons. The lowest BCUT2D eigenvalue weighted by Gasteiger charge is -2.34. The van der Waals surface area contributed by atoms with E-state index >= 15 is 0 Å². The van der Waals surface area contributed by atoms with Gasteiger partial charge in [-0.1, -0.05) is 32.1 Å². The molecule has 6 nitrogen and oxygen atoms in total. The van der Waals surface area contributed by atoms with Gasteiger partial charge >= 0.3 is 12.1 Å². The second-order valence-corrected chi connectivity index (χ2v) is 8.40. The SMILES string of the molecule is CC(C)(C)OC(=O)N1CCC(NC(=O)NC2CCCCCCC2)CC1.[HH].[HH]. The highest BCUT2D eigenvalue weighted by molar-refractivity contribution is 5.74. The van der Waals surface area contributed by atoms with Crippen molar-refractivity contribution in [3.05, 3.63) is 0 Å². The zero-order valence-electron chi connectivity index (χ0n) is 16.1. The number of nitrogens with zero attached hydrogens (tertiary/aromatic N) is 1. The summed E-state index contributed by atoms with van der Waals surface area (Å²) < 4.78 is 5.40. The van der Waals surface area contributed by atoms with Crippen LogP contribution in [-0.4, -0.2) is 47.8 Å². The van der Waals surface area contributed by atoms with Gasteiger partial charge in [-0.2, -0.15) is 0 Å². The highest BCUT2D eigenvalue weighted by Gasteiger charge is 2.27. The molecule has 6 heteroatoms. The fraction of sp³-hybridized carbons (Fsp3) is 0.895. The van der Waals surface area contributed by atoms with Gasteiger partial charge in [-0.25, -0.2) is 9.59 Å². The van der Waals surface area contributed by atoms with Crippen LogP contribution < -0.4 is 10.6 Å². The Balaban J connectivity index is 0.00000338. The summed E-state index contributed by atoms with van der Waals surface area (Å²) in [6.45, 7) is 6.88. The number of hydrogen-bond donors (Lipinski definition) is 2. The molecule has 2 N–H and O–H groups in total. The van der Waals surface area contributed by atoms with E-state index in [0.29, 0.717) is 19.1 Å². The molecule has 1 heterocycles. The second kappa shape index (κ2) is 9.30. The van der Waals surface area contributed by atoms with Gasteiger partial charge in [-0.15, -0.1) is 0 Å². The first-order valence-electron chi connectivity index (χ1n) is 9.88. The number of carbonyl (C=O) groups excluding carboxylic acids is 2. The van der Waals surface area contributed by atoms with E-state index in [9.17, 15) is 9.59 Å². The summed E-state index contributed by atoms with van der Waals surface area (Å²) in [5.41, 5.74) is -0.469. The molecule has 0 bridgehead atoms. The number of likely N-dealkylation sites (tertiary alicyclic amines) is 1. The van der Waals surface area contributed by atoms with Gasteiger partial charge in [0.25, 0.3) is 0 Å². The highest BCUT2D eigenvalue weighted by Crippen LogP contribution is 2.18. The van der Waals surface area contributed by atoms with Crippen LogP contribution in [0.2, 0.25) is 0 Å². The summed E-state index contributed by atoms with van der Waals surface area (Å²) >= 11 is 0. The molecule has 1 saturated carbocycles. The maximum atomic E-state index is 12.3. The first-order chi connectivity index (χ1) is 11.8. The Morgan fingerprint density at radius 2 is 1.36 bits per heavy atom. The molecule has 3 amide bonds. The van der Waals surface area contributed by atoms with Crippen LogP contribution in [0, 0.1) is 0 Å². The van der Waals surface area contributed by atoms with Gasteiger partial charge in [-0.3, -0.25) is 0 Å². The zero-order chi connectivity index (χ0) is 18.3. The van der Waals surface area contributed by atoms with E-state index in [1.54, 1.807) is 4.90 Å². The van der Waals surface area contributed by atoms with Gasteiger partial charge in [0.2, 0.25) is 0 Å². The van der Waals surface area contributed by atoms with Crippen molar-refractivity contribution >= 4 is 12.1 Å². The third kappa shape index (κ3) is 7.53. The number of piperidine rings is 1. The summed E-state index contributed by atoms with van der Waals surface area (Å²) in [5, 5.41) is 6.22. The van der Waals surface area contributed by atoms with Crippen molar-refractivity contribution in [3.63, 3.8) is 0 Å². The van der Waals surface area contributed by atoms with Crippen molar-refractivity contribution in [1.29, 1.82) is 0 Å². The molecule has 2 aliphatic rings. The third-order valence-corrected chi connectivity index (χ3v) is 4.92. The first-order valence-corrected chi connectivity index (χ1v) is 9.88. The molecule has 0 spiro atoms. The van der Waals surface area contributed by atoms with Crippen molar-refractivity contribution < 1.29 is 17.2 Å². The Kier molecular flexibility index (Phi) is 7.38. The van der Waals surface area contributed by atoms with Gasteiger partial charge in [0.05, 0.1) is 0 Å². The average Bonchev–Trinajstić information content (AvgIpc) is 2.49. The minimum Gasteiger partial charge on any atom is -0.444 e. The molecule has 2 rings (SSSR count). The fourth-order valence-electron chi connectivity index (χ4n) is 3.55. The number of carbonyl (C=O) groups is 2. The van der Waals surface area contributed by atoms with Crippen LogP contribution in [0.1, 0.15) is 81.4 Å². The van der Waals surface area contributed by atoms with Crippen molar-refractivity contribution in [1.82, 2.24) is 15.5 Å². The Hall–Kier alpha value is -1.46. The normalized spacial score (nSPS) is 21.2. The molecule has 0 unspecified atom stereocenters. The molecule has 0 atom stereocenters.